The lowest BCUT2D eigenvalue weighted by Gasteiger charge is -2.34. The third-order valence-electron chi connectivity index (χ3n) is 4.00. The Morgan fingerprint density at radius 2 is 2.10 bits per heavy atom. The average molecular weight is 285 g/mol. The molecule has 0 aliphatic carbocycles. The van der Waals surface area contributed by atoms with Gasteiger partial charge in [0.15, 0.2) is 0 Å². The zero-order valence-electron chi connectivity index (χ0n) is 12.6. The van der Waals surface area contributed by atoms with E-state index < -0.39 is 0 Å². The Balaban J connectivity index is 1.63. The summed E-state index contributed by atoms with van der Waals surface area (Å²) in [6, 6.07) is 0.483. The van der Waals surface area contributed by atoms with Gasteiger partial charge in [0.2, 0.25) is 0 Å². The van der Waals surface area contributed by atoms with E-state index in [0.29, 0.717) is 12.6 Å². The highest BCUT2D eigenvalue weighted by Crippen LogP contribution is 2.12. The highest BCUT2D eigenvalue weighted by atomic mass is 16.6. The minimum absolute atomic E-state index is 0.178. The Bertz CT molecular complexity index is 306. The predicted molar refractivity (Wildman–Crippen MR) is 76.9 cm³/mol. The summed E-state index contributed by atoms with van der Waals surface area (Å²) in [7, 11) is 2.13. The minimum atomic E-state index is -0.178. The van der Waals surface area contributed by atoms with E-state index in [9.17, 15) is 4.79 Å². The van der Waals surface area contributed by atoms with Gasteiger partial charge in [-0.25, -0.2) is 4.79 Å². The van der Waals surface area contributed by atoms with Gasteiger partial charge >= 0.3 is 6.09 Å². The standard InChI is InChI=1S/C14H27N3O3/c1-3-19-14(18)17-6-4-12(5-7-17)15-10-13-11-16(2)8-9-20-13/h12-13,15H,3-11H2,1-2H3. The number of nitrogens with zero attached hydrogens (tertiary/aromatic N) is 2. The molecule has 1 amide bonds. The van der Waals surface area contributed by atoms with Gasteiger partial charge in [-0.15, -0.1) is 0 Å². The quantitative estimate of drug-likeness (QED) is 0.816. The molecular weight excluding hydrogens is 258 g/mol. The van der Waals surface area contributed by atoms with Gasteiger partial charge in [0.05, 0.1) is 19.3 Å². The first-order valence-electron chi connectivity index (χ1n) is 7.64. The molecule has 0 aromatic rings. The van der Waals surface area contributed by atoms with Gasteiger partial charge in [0.1, 0.15) is 0 Å². The Labute approximate surface area is 121 Å². The van der Waals surface area contributed by atoms with Crippen molar-refractivity contribution in [2.45, 2.75) is 31.9 Å². The molecule has 1 unspecified atom stereocenters. The van der Waals surface area contributed by atoms with Crippen LogP contribution < -0.4 is 5.32 Å². The van der Waals surface area contributed by atoms with Crippen molar-refractivity contribution in [3.8, 4) is 0 Å². The number of amides is 1. The van der Waals surface area contributed by atoms with Crippen LogP contribution in [0.25, 0.3) is 0 Å². The van der Waals surface area contributed by atoms with Crippen LogP contribution in [0.4, 0.5) is 4.79 Å². The molecule has 2 aliphatic rings. The number of carbonyl (C=O) groups excluding carboxylic acids is 1. The van der Waals surface area contributed by atoms with E-state index in [-0.39, 0.29) is 12.2 Å². The van der Waals surface area contributed by atoms with Gasteiger partial charge < -0.3 is 24.6 Å². The van der Waals surface area contributed by atoms with Gasteiger partial charge in [-0.1, -0.05) is 0 Å². The summed E-state index contributed by atoms with van der Waals surface area (Å²) in [5.74, 6) is 0. The molecule has 0 spiro atoms. The Morgan fingerprint density at radius 1 is 1.35 bits per heavy atom. The second kappa shape index (κ2) is 7.81. The molecule has 20 heavy (non-hydrogen) atoms. The van der Waals surface area contributed by atoms with Crippen molar-refractivity contribution < 1.29 is 14.3 Å². The molecular formula is C14H27N3O3. The summed E-state index contributed by atoms with van der Waals surface area (Å²) in [4.78, 5) is 15.7. The largest absolute Gasteiger partial charge is 0.450 e. The second-order valence-electron chi connectivity index (χ2n) is 5.62. The monoisotopic (exact) mass is 285 g/mol. The van der Waals surface area contributed by atoms with Gasteiger partial charge in [-0.05, 0) is 26.8 Å². The first kappa shape index (κ1) is 15.5. The summed E-state index contributed by atoms with van der Waals surface area (Å²) < 4.78 is 10.8. The van der Waals surface area contributed by atoms with Crippen LogP contribution in [0.2, 0.25) is 0 Å². The highest BCUT2D eigenvalue weighted by Gasteiger charge is 2.24. The Kier molecular flexibility index (Phi) is 6.06. The normalized spacial score (nSPS) is 25.7. The molecule has 0 aromatic carbocycles. The summed E-state index contributed by atoms with van der Waals surface area (Å²) in [6.07, 6.45) is 2.09. The maximum Gasteiger partial charge on any atom is 0.409 e. The van der Waals surface area contributed by atoms with Crippen molar-refractivity contribution in [3.05, 3.63) is 0 Å². The summed E-state index contributed by atoms with van der Waals surface area (Å²) in [5, 5.41) is 3.57. The number of likely N-dealkylation sites (tertiary alicyclic amines) is 1. The molecule has 2 heterocycles. The SMILES string of the molecule is CCOC(=O)N1CCC(NCC2CN(C)CCO2)CC1. The number of morpholine rings is 1. The Morgan fingerprint density at radius 3 is 2.75 bits per heavy atom. The van der Waals surface area contributed by atoms with Crippen LogP contribution in [-0.2, 0) is 9.47 Å². The number of hydrogen-bond acceptors (Lipinski definition) is 5. The zero-order chi connectivity index (χ0) is 14.4. The number of carbonyl (C=O) groups is 1. The molecule has 2 saturated heterocycles. The molecule has 0 radical (unpaired) electrons. The fourth-order valence-corrected chi connectivity index (χ4v) is 2.77. The van der Waals surface area contributed by atoms with Crippen molar-refractivity contribution in [3.63, 3.8) is 0 Å². The van der Waals surface area contributed by atoms with Crippen LogP contribution in [0.5, 0.6) is 0 Å². The molecule has 1 atom stereocenters. The van der Waals surface area contributed by atoms with E-state index in [0.717, 1.165) is 52.2 Å². The van der Waals surface area contributed by atoms with Crippen LogP contribution >= 0.6 is 0 Å². The molecule has 2 fully saturated rings. The lowest BCUT2D eigenvalue weighted by Crippen LogP contribution is -2.50. The molecule has 0 aromatic heterocycles. The number of hydrogen-bond donors (Lipinski definition) is 1. The number of ether oxygens (including phenoxy) is 2. The van der Waals surface area contributed by atoms with Crippen LogP contribution in [0.3, 0.4) is 0 Å². The van der Waals surface area contributed by atoms with E-state index in [2.05, 4.69) is 17.3 Å². The van der Waals surface area contributed by atoms with Crippen LogP contribution in [0, 0.1) is 0 Å². The number of rotatable bonds is 4. The lowest BCUT2D eigenvalue weighted by molar-refractivity contribution is -0.0201. The average Bonchev–Trinajstić information content (AvgIpc) is 2.46. The molecule has 0 saturated carbocycles. The predicted octanol–water partition coefficient (Wildman–Crippen LogP) is 0.528. The van der Waals surface area contributed by atoms with Crippen molar-refractivity contribution in [1.29, 1.82) is 0 Å². The molecule has 0 bridgehead atoms. The van der Waals surface area contributed by atoms with E-state index >= 15 is 0 Å². The Hall–Kier alpha value is -0.850. The molecule has 6 heteroatoms. The van der Waals surface area contributed by atoms with Crippen LogP contribution in [-0.4, -0.2) is 81.0 Å². The topological polar surface area (TPSA) is 54.0 Å². The van der Waals surface area contributed by atoms with E-state index in [1.807, 2.05) is 6.92 Å². The van der Waals surface area contributed by atoms with Crippen LogP contribution in [0.1, 0.15) is 19.8 Å². The van der Waals surface area contributed by atoms with Gasteiger partial charge in [-0.2, -0.15) is 0 Å². The van der Waals surface area contributed by atoms with E-state index in [1.54, 1.807) is 4.90 Å². The highest BCUT2D eigenvalue weighted by molar-refractivity contribution is 5.67. The van der Waals surface area contributed by atoms with Gasteiger partial charge in [-0.3, -0.25) is 0 Å². The number of likely N-dealkylation sites (N-methyl/N-ethyl adjacent to an activating group) is 1. The van der Waals surface area contributed by atoms with E-state index in [1.165, 1.54) is 0 Å². The van der Waals surface area contributed by atoms with E-state index in [4.69, 9.17) is 9.47 Å². The minimum Gasteiger partial charge on any atom is -0.450 e. The number of nitrogens with one attached hydrogen (secondary N) is 1. The summed E-state index contributed by atoms with van der Waals surface area (Å²) in [6.45, 7) is 7.59. The second-order valence-corrected chi connectivity index (χ2v) is 5.62. The van der Waals surface area contributed by atoms with Gasteiger partial charge in [0, 0.05) is 38.8 Å². The maximum atomic E-state index is 11.6. The smallest absolute Gasteiger partial charge is 0.409 e. The summed E-state index contributed by atoms with van der Waals surface area (Å²) >= 11 is 0. The molecule has 2 rings (SSSR count). The zero-order valence-corrected chi connectivity index (χ0v) is 12.6. The van der Waals surface area contributed by atoms with Crippen LogP contribution in [0.15, 0.2) is 0 Å². The van der Waals surface area contributed by atoms with Crippen molar-refractivity contribution in [2.75, 3.05) is 53.0 Å². The van der Waals surface area contributed by atoms with Crippen molar-refractivity contribution >= 4 is 6.09 Å². The first-order valence-corrected chi connectivity index (χ1v) is 7.64. The molecule has 6 nitrogen and oxygen atoms in total. The summed E-state index contributed by atoms with van der Waals surface area (Å²) in [5.41, 5.74) is 0. The van der Waals surface area contributed by atoms with Crippen molar-refractivity contribution in [2.24, 2.45) is 0 Å². The molecule has 116 valence electrons. The molecule has 1 N–H and O–H groups in total. The fraction of sp³-hybridized carbons (Fsp3) is 0.929. The first-order chi connectivity index (χ1) is 9.69. The lowest BCUT2D eigenvalue weighted by atomic mass is 10.1. The number of piperidine rings is 1. The van der Waals surface area contributed by atoms with Gasteiger partial charge in [0.25, 0.3) is 0 Å². The third-order valence-corrected chi connectivity index (χ3v) is 4.00. The maximum absolute atomic E-state index is 11.6. The van der Waals surface area contributed by atoms with Crippen molar-refractivity contribution in [1.82, 2.24) is 15.1 Å². The fourth-order valence-electron chi connectivity index (χ4n) is 2.77. The molecule has 2 aliphatic heterocycles. The third kappa shape index (κ3) is 4.61.